The fraction of sp³-hybridized carbons (Fsp3) is 1.00. The molecule has 1 aliphatic carbocycles. The predicted molar refractivity (Wildman–Crippen MR) is 82.2 cm³/mol. The smallest absolute Gasteiger partial charge is 0.0729 e. The Balaban J connectivity index is 2.23. The zero-order valence-corrected chi connectivity index (χ0v) is 13.4. The van der Waals surface area contributed by atoms with Crippen molar-refractivity contribution in [2.45, 2.75) is 64.0 Å². The Bertz CT molecular complexity index is 212. The van der Waals surface area contributed by atoms with Crippen molar-refractivity contribution in [2.24, 2.45) is 0 Å². The highest BCUT2D eigenvalue weighted by molar-refractivity contribution is 4.79. The van der Waals surface area contributed by atoms with Crippen LogP contribution in [0, 0.1) is 0 Å². The second kappa shape index (κ2) is 12.6. The van der Waals surface area contributed by atoms with Gasteiger partial charge in [-0.1, -0.05) is 32.6 Å². The summed E-state index contributed by atoms with van der Waals surface area (Å²) in [5.74, 6) is 0. The lowest BCUT2D eigenvalue weighted by molar-refractivity contribution is -0.0265. The van der Waals surface area contributed by atoms with Gasteiger partial charge in [-0.15, -0.1) is 0 Å². The van der Waals surface area contributed by atoms with E-state index in [2.05, 4.69) is 12.2 Å². The highest BCUT2D eigenvalue weighted by atomic mass is 16.5. The minimum Gasteiger partial charge on any atom is -0.382 e. The maximum atomic E-state index is 6.08. The van der Waals surface area contributed by atoms with E-state index in [0.29, 0.717) is 38.6 Å². The molecule has 2 atom stereocenters. The second-order valence-electron chi connectivity index (χ2n) is 5.57. The molecule has 1 saturated carbocycles. The van der Waals surface area contributed by atoms with Gasteiger partial charge in [0.05, 0.1) is 32.5 Å². The van der Waals surface area contributed by atoms with Crippen LogP contribution in [0.4, 0.5) is 0 Å². The van der Waals surface area contributed by atoms with Gasteiger partial charge >= 0.3 is 0 Å². The molecule has 120 valence electrons. The van der Waals surface area contributed by atoms with E-state index in [0.717, 1.165) is 6.54 Å². The summed E-state index contributed by atoms with van der Waals surface area (Å²) in [5, 5.41) is 3.66. The number of nitrogens with one attached hydrogen (secondary N) is 1. The molecule has 0 radical (unpaired) electrons. The average molecular weight is 287 g/mol. The van der Waals surface area contributed by atoms with Crippen molar-refractivity contribution in [2.75, 3.05) is 40.1 Å². The van der Waals surface area contributed by atoms with Crippen molar-refractivity contribution >= 4 is 0 Å². The molecule has 0 heterocycles. The third-order valence-corrected chi connectivity index (χ3v) is 3.85. The molecule has 0 aliphatic heterocycles. The maximum absolute atomic E-state index is 6.08. The van der Waals surface area contributed by atoms with Crippen LogP contribution in [0.15, 0.2) is 0 Å². The number of methoxy groups -OCH3 is 1. The molecule has 1 aliphatic rings. The first-order valence-electron chi connectivity index (χ1n) is 8.30. The lowest BCUT2D eigenvalue weighted by Gasteiger charge is -2.30. The molecule has 0 aromatic heterocycles. The summed E-state index contributed by atoms with van der Waals surface area (Å²) in [6, 6.07) is 0.522. The monoisotopic (exact) mass is 287 g/mol. The second-order valence-corrected chi connectivity index (χ2v) is 5.57. The third kappa shape index (κ3) is 8.20. The van der Waals surface area contributed by atoms with Crippen LogP contribution in [0.5, 0.6) is 0 Å². The molecule has 0 spiro atoms. The van der Waals surface area contributed by atoms with Gasteiger partial charge in [0.25, 0.3) is 0 Å². The first-order valence-corrected chi connectivity index (χ1v) is 8.30. The van der Waals surface area contributed by atoms with Crippen LogP contribution in [-0.4, -0.2) is 52.2 Å². The summed E-state index contributed by atoms with van der Waals surface area (Å²) in [6.45, 7) is 5.98. The van der Waals surface area contributed by atoms with E-state index in [1.807, 2.05) is 0 Å². The molecule has 0 saturated heterocycles. The van der Waals surface area contributed by atoms with Gasteiger partial charge in [0, 0.05) is 13.2 Å². The van der Waals surface area contributed by atoms with Gasteiger partial charge in [-0.2, -0.15) is 0 Å². The molecule has 4 nitrogen and oxygen atoms in total. The van der Waals surface area contributed by atoms with Crippen molar-refractivity contribution < 1.29 is 14.2 Å². The first-order chi connectivity index (χ1) is 9.88. The van der Waals surface area contributed by atoms with Gasteiger partial charge in [0.15, 0.2) is 0 Å². The van der Waals surface area contributed by atoms with Gasteiger partial charge in [0.2, 0.25) is 0 Å². The molecule has 0 amide bonds. The van der Waals surface area contributed by atoms with E-state index in [9.17, 15) is 0 Å². The maximum Gasteiger partial charge on any atom is 0.0729 e. The van der Waals surface area contributed by atoms with Crippen LogP contribution < -0.4 is 5.32 Å². The summed E-state index contributed by atoms with van der Waals surface area (Å²) in [7, 11) is 1.69. The van der Waals surface area contributed by atoms with Crippen LogP contribution in [0.3, 0.4) is 0 Å². The zero-order chi connectivity index (χ0) is 14.5. The van der Waals surface area contributed by atoms with Gasteiger partial charge < -0.3 is 19.5 Å². The SMILES string of the molecule is CCCNC1CCCCCCC1OCCOCCOC. The van der Waals surface area contributed by atoms with Crippen LogP contribution in [0.1, 0.15) is 51.9 Å². The minimum absolute atomic E-state index is 0.355. The lowest BCUT2D eigenvalue weighted by Crippen LogP contribution is -2.42. The fourth-order valence-electron chi connectivity index (χ4n) is 2.72. The van der Waals surface area contributed by atoms with Crippen LogP contribution in [0.25, 0.3) is 0 Å². The van der Waals surface area contributed by atoms with E-state index in [4.69, 9.17) is 14.2 Å². The molecule has 1 N–H and O–H groups in total. The van der Waals surface area contributed by atoms with E-state index < -0.39 is 0 Å². The Kier molecular flexibility index (Phi) is 11.2. The molecule has 0 aromatic rings. The number of hydrogen-bond donors (Lipinski definition) is 1. The van der Waals surface area contributed by atoms with Crippen molar-refractivity contribution in [3.8, 4) is 0 Å². The van der Waals surface area contributed by atoms with Crippen LogP contribution >= 0.6 is 0 Å². The Morgan fingerprint density at radius 1 is 0.950 bits per heavy atom. The van der Waals surface area contributed by atoms with Crippen LogP contribution in [0.2, 0.25) is 0 Å². The average Bonchev–Trinajstić information content (AvgIpc) is 2.44. The Morgan fingerprint density at radius 3 is 2.45 bits per heavy atom. The number of ether oxygens (including phenoxy) is 3. The third-order valence-electron chi connectivity index (χ3n) is 3.85. The van der Waals surface area contributed by atoms with Crippen molar-refractivity contribution in [3.63, 3.8) is 0 Å². The van der Waals surface area contributed by atoms with Gasteiger partial charge in [-0.3, -0.25) is 0 Å². The molecule has 0 bridgehead atoms. The molecular formula is C16H33NO3. The largest absolute Gasteiger partial charge is 0.382 e. The van der Waals surface area contributed by atoms with E-state index in [1.165, 1.54) is 44.9 Å². The Labute approximate surface area is 124 Å². The quantitative estimate of drug-likeness (QED) is 0.627. The zero-order valence-electron chi connectivity index (χ0n) is 13.4. The molecule has 2 unspecified atom stereocenters. The standard InChI is InChI=1S/C16H33NO3/c1-3-10-17-15-8-6-4-5-7-9-16(15)20-14-13-19-12-11-18-2/h15-17H,3-14H2,1-2H3. The van der Waals surface area contributed by atoms with Crippen molar-refractivity contribution in [1.82, 2.24) is 5.32 Å². The molecular weight excluding hydrogens is 254 g/mol. The van der Waals surface area contributed by atoms with E-state index >= 15 is 0 Å². The van der Waals surface area contributed by atoms with E-state index in [-0.39, 0.29) is 0 Å². The molecule has 0 aromatic carbocycles. The highest BCUT2D eigenvalue weighted by Crippen LogP contribution is 2.20. The predicted octanol–water partition coefficient (Wildman–Crippen LogP) is 2.76. The van der Waals surface area contributed by atoms with E-state index in [1.54, 1.807) is 7.11 Å². The molecule has 20 heavy (non-hydrogen) atoms. The summed E-state index contributed by atoms with van der Waals surface area (Å²) >= 11 is 0. The normalized spacial score (nSPS) is 24.3. The van der Waals surface area contributed by atoms with Gasteiger partial charge in [-0.25, -0.2) is 0 Å². The first kappa shape index (κ1) is 17.9. The minimum atomic E-state index is 0.355. The lowest BCUT2D eigenvalue weighted by atomic mass is 9.94. The highest BCUT2D eigenvalue weighted by Gasteiger charge is 2.22. The van der Waals surface area contributed by atoms with Crippen molar-refractivity contribution in [3.05, 3.63) is 0 Å². The van der Waals surface area contributed by atoms with Gasteiger partial charge in [0.1, 0.15) is 0 Å². The Morgan fingerprint density at radius 2 is 1.70 bits per heavy atom. The summed E-state index contributed by atoms with van der Waals surface area (Å²) in [6.07, 6.45) is 9.30. The number of hydrogen-bond acceptors (Lipinski definition) is 4. The summed E-state index contributed by atoms with van der Waals surface area (Å²) in [4.78, 5) is 0. The Hall–Kier alpha value is -0.160. The molecule has 1 fully saturated rings. The van der Waals surface area contributed by atoms with Crippen molar-refractivity contribution in [1.29, 1.82) is 0 Å². The molecule has 4 heteroatoms. The molecule has 1 rings (SSSR count). The van der Waals surface area contributed by atoms with Gasteiger partial charge in [-0.05, 0) is 25.8 Å². The summed E-state index contributed by atoms with van der Waals surface area (Å²) < 4.78 is 16.5. The summed E-state index contributed by atoms with van der Waals surface area (Å²) in [5.41, 5.74) is 0. The van der Waals surface area contributed by atoms with Crippen LogP contribution in [-0.2, 0) is 14.2 Å². The number of rotatable bonds is 10. The fourth-order valence-corrected chi connectivity index (χ4v) is 2.72. The topological polar surface area (TPSA) is 39.7 Å².